The molecule has 0 saturated carbocycles. The van der Waals surface area contributed by atoms with E-state index in [0.29, 0.717) is 22.8 Å². The molecule has 9 heteroatoms. The lowest BCUT2D eigenvalue weighted by atomic mass is 9.95. The van der Waals surface area contributed by atoms with Crippen LogP contribution >= 0.6 is 0 Å². The van der Waals surface area contributed by atoms with Gasteiger partial charge in [0.1, 0.15) is 18.2 Å². The average molecular weight is 414 g/mol. The van der Waals surface area contributed by atoms with Crippen molar-refractivity contribution in [1.29, 1.82) is 0 Å². The van der Waals surface area contributed by atoms with E-state index in [4.69, 9.17) is 18.9 Å². The molecule has 1 unspecified atom stereocenters. The maximum Gasteiger partial charge on any atom is 0.338 e. The molecule has 156 valence electrons. The number of ether oxygens (including phenoxy) is 4. The Morgan fingerprint density at radius 3 is 2.70 bits per heavy atom. The van der Waals surface area contributed by atoms with Gasteiger partial charge in [-0.05, 0) is 48.9 Å². The minimum Gasteiger partial charge on any atom is -0.487 e. The highest BCUT2D eigenvalue weighted by atomic mass is 19.1. The van der Waals surface area contributed by atoms with Crippen molar-refractivity contribution in [2.45, 2.75) is 13.0 Å². The Morgan fingerprint density at radius 1 is 1.17 bits per heavy atom. The number of hydrogen-bond acceptors (Lipinski definition) is 6. The first-order chi connectivity index (χ1) is 14.5. The molecule has 30 heavy (non-hydrogen) atoms. The predicted octanol–water partition coefficient (Wildman–Crippen LogP) is 2.80. The summed E-state index contributed by atoms with van der Waals surface area (Å²) in [5.41, 5.74) is 1.08. The van der Waals surface area contributed by atoms with E-state index in [1.54, 1.807) is 25.1 Å². The second-order valence-corrected chi connectivity index (χ2v) is 6.50. The van der Waals surface area contributed by atoms with Gasteiger partial charge in [-0.2, -0.15) is 0 Å². The highest BCUT2D eigenvalue weighted by Crippen LogP contribution is 2.37. The van der Waals surface area contributed by atoms with Gasteiger partial charge in [-0.15, -0.1) is 0 Å². The lowest BCUT2D eigenvalue weighted by molar-refractivity contribution is -0.139. The summed E-state index contributed by atoms with van der Waals surface area (Å²) in [5.74, 6) is 0.504. The van der Waals surface area contributed by atoms with Crippen molar-refractivity contribution >= 4 is 12.0 Å². The molecule has 0 fully saturated rings. The van der Waals surface area contributed by atoms with Gasteiger partial charge < -0.3 is 29.6 Å². The van der Waals surface area contributed by atoms with Crippen LogP contribution < -0.4 is 24.8 Å². The second kappa shape index (κ2) is 8.32. The van der Waals surface area contributed by atoms with E-state index in [1.165, 1.54) is 24.3 Å². The normalized spacial score (nSPS) is 17.3. The van der Waals surface area contributed by atoms with Crippen molar-refractivity contribution < 1.29 is 32.9 Å². The van der Waals surface area contributed by atoms with Crippen LogP contribution in [0.2, 0.25) is 0 Å². The molecule has 2 amide bonds. The van der Waals surface area contributed by atoms with E-state index in [0.717, 1.165) is 0 Å². The first-order valence-corrected chi connectivity index (χ1v) is 9.30. The van der Waals surface area contributed by atoms with E-state index in [2.05, 4.69) is 10.6 Å². The van der Waals surface area contributed by atoms with Crippen LogP contribution in [0.1, 0.15) is 18.5 Å². The fraction of sp³-hybridized carbons (Fsp3) is 0.238. The smallest absolute Gasteiger partial charge is 0.338 e. The predicted molar refractivity (Wildman–Crippen MR) is 103 cm³/mol. The Kier molecular flexibility index (Phi) is 5.42. The third-order valence-electron chi connectivity index (χ3n) is 4.58. The molecule has 0 saturated heterocycles. The van der Waals surface area contributed by atoms with E-state index in [1.807, 2.05) is 0 Å². The molecule has 0 aliphatic carbocycles. The van der Waals surface area contributed by atoms with Crippen molar-refractivity contribution in [2.75, 3.05) is 20.0 Å². The second-order valence-electron chi connectivity index (χ2n) is 6.50. The van der Waals surface area contributed by atoms with E-state index < -0.39 is 23.9 Å². The minimum absolute atomic E-state index is 0.106. The molecule has 0 spiro atoms. The van der Waals surface area contributed by atoms with Gasteiger partial charge in [0.05, 0.1) is 23.9 Å². The quantitative estimate of drug-likeness (QED) is 0.706. The molecule has 2 aliphatic rings. The van der Waals surface area contributed by atoms with Gasteiger partial charge >= 0.3 is 12.0 Å². The first-order valence-electron chi connectivity index (χ1n) is 9.30. The van der Waals surface area contributed by atoms with E-state index >= 15 is 0 Å². The highest BCUT2D eigenvalue weighted by Gasteiger charge is 2.34. The molecule has 0 aromatic heterocycles. The largest absolute Gasteiger partial charge is 0.487 e. The zero-order chi connectivity index (χ0) is 21.1. The van der Waals surface area contributed by atoms with E-state index in [-0.39, 0.29) is 31.3 Å². The molecule has 0 bridgehead atoms. The van der Waals surface area contributed by atoms with Gasteiger partial charge in [0.15, 0.2) is 11.5 Å². The van der Waals surface area contributed by atoms with Crippen molar-refractivity contribution in [3.8, 4) is 17.2 Å². The lowest BCUT2D eigenvalue weighted by Gasteiger charge is -2.29. The summed E-state index contributed by atoms with van der Waals surface area (Å²) in [6, 6.07) is 9.30. The SMILES string of the molecule is CCOC(=O)C1=C(COc2ccc(F)cc2)NC(=O)NC1c1ccc2c(c1)OCO2. The maximum atomic E-state index is 13.1. The third-order valence-corrected chi connectivity index (χ3v) is 4.58. The van der Waals surface area contributed by atoms with Crippen LogP contribution in [0.4, 0.5) is 9.18 Å². The van der Waals surface area contributed by atoms with Crippen molar-refractivity contribution in [3.05, 3.63) is 65.1 Å². The van der Waals surface area contributed by atoms with Crippen LogP contribution in [0, 0.1) is 5.82 Å². The number of esters is 1. The summed E-state index contributed by atoms with van der Waals surface area (Å²) in [6.07, 6.45) is 0. The molecule has 4 rings (SSSR count). The summed E-state index contributed by atoms with van der Waals surface area (Å²) >= 11 is 0. The molecule has 2 heterocycles. The minimum atomic E-state index is -0.779. The maximum absolute atomic E-state index is 13.1. The number of urea groups is 1. The third kappa shape index (κ3) is 4.00. The van der Waals surface area contributed by atoms with Crippen LogP contribution in [0.25, 0.3) is 0 Å². The van der Waals surface area contributed by atoms with Crippen LogP contribution in [0.15, 0.2) is 53.7 Å². The number of halogens is 1. The molecular weight excluding hydrogens is 395 g/mol. The zero-order valence-corrected chi connectivity index (χ0v) is 16.1. The zero-order valence-electron chi connectivity index (χ0n) is 16.1. The number of amides is 2. The molecule has 0 radical (unpaired) electrons. The van der Waals surface area contributed by atoms with Crippen molar-refractivity contribution in [1.82, 2.24) is 10.6 Å². The number of carbonyl (C=O) groups is 2. The topological polar surface area (TPSA) is 95.1 Å². The van der Waals surface area contributed by atoms with Gasteiger partial charge in [-0.25, -0.2) is 14.0 Å². The molecule has 2 aliphatic heterocycles. The monoisotopic (exact) mass is 414 g/mol. The van der Waals surface area contributed by atoms with Gasteiger partial charge in [-0.3, -0.25) is 0 Å². The molecule has 2 aromatic carbocycles. The fourth-order valence-electron chi connectivity index (χ4n) is 3.21. The molecule has 1 atom stereocenters. The molecule has 8 nitrogen and oxygen atoms in total. The Hall–Kier alpha value is -3.75. The number of fused-ring (bicyclic) bond motifs is 1. The van der Waals surface area contributed by atoms with Gasteiger partial charge in [-0.1, -0.05) is 6.07 Å². The Balaban J connectivity index is 1.68. The summed E-state index contributed by atoms with van der Waals surface area (Å²) in [4.78, 5) is 25.1. The van der Waals surface area contributed by atoms with Crippen molar-refractivity contribution in [3.63, 3.8) is 0 Å². The number of hydrogen-bond donors (Lipinski definition) is 2. The Labute approximate surface area is 171 Å². The van der Waals surface area contributed by atoms with Gasteiger partial charge in [0, 0.05) is 0 Å². The Morgan fingerprint density at radius 2 is 1.93 bits per heavy atom. The van der Waals surface area contributed by atoms with Crippen molar-refractivity contribution in [2.24, 2.45) is 0 Å². The summed E-state index contributed by atoms with van der Waals surface area (Å²) in [6.45, 7) is 1.84. The number of nitrogens with one attached hydrogen (secondary N) is 2. The average Bonchev–Trinajstić information content (AvgIpc) is 3.21. The van der Waals surface area contributed by atoms with Crippen LogP contribution in [0.3, 0.4) is 0 Å². The molecule has 2 N–H and O–H groups in total. The standard InChI is InChI=1S/C21H19FN2O6/c1-2-27-20(25)18-15(10-28-14-6-4-13(22)5-7-14)23-21(26)24-19(18)12-3-8-16-17(9-12)30-11-29-16/h3-9,19H,2,10-11H2,1H3,(H2,23,24,26). The highest BCUT2D eigenvalue weighted by molar-refractivity contribution is 5.95. The summed E-state index contributed by atoms with van der Waals surface area (Å²) < 4.78 is 34.7. The van der Waals surface area contributed by atoms with Crippen LogP contribution in [-0.2, 0) is 9.53 Å². The summed E-state index contributed by atoms with van der Waals surface area (Å²) in [7, 11) is 0. The molecule has 2 aromatic rings. The number of rotatable bonds is 6. The van der Waals surface area contributed by atoms with Gasteiger partial charge in [0.2, 0.25) is 6.79 Å². The lowest BCUT2D eigenvalue weighted by Crippen LogP contribution is -2.47. The van der Waals surface area contributed by atoms with E-state index in [9.17, 15) is 14.0 Å². The van der Waals surface area contributed by atoms with Gasteiger partial charge in [0.25, 0.3) is 0 Å². The number of carbonyl (C=O) groups excluding carboxylic acids is 2. The number of benzene rings is 2. The molecular formula is C21H19FN2O6. The van der Waals surface area contributed by atoms with Crippen LogP contribution in [0.5, 0.6) is 17.2 Å². The summed E-state index contributed by atoms with van der Waals surface area (Å²) in [5, 5.41) is 5.35. The Bertz CT molecular complexity index is 1010. The van der Waals surface area contributed by atoms with Crippen LogP contribution in [-0.4, -0.2) is 32.0 Å². The fourth-order valence-corrected chi connectivity index (χ4v) is 3.21. The first kappa shape index (κ1) is 19.6.